The van der Waals surface area contributed by atoms with Crippen LogP contribution in [0.4, 0.5) is 5.69 Å². The second-order valence-electron chi connectivity index (χ2n) is 4.00. The van der Waals surface area contributed by atoms with Crippen molar-refractivity contribution in [3.8, 4) is 0 Å². The molecule has 2 rings (SSSR count). The van der Waals surface area contributed by atoms with Crippen molar-refractivity contribution in [2.45, 2.75) is 6.42 Å². The van der Waals surface area contributed by atoms with Gasteiger partial charge in [0.1, 0.15) is 0 Å². The maximum Gasteiger partial charge on any atom is 0.175 e. The lowest BCUT2D eigenvalue weighted by Crippen LogP contribution is -2.24. The Morgan fingerprint density at radius 3 is 3.06 bits per heavy atom. The molecular weight excluding hydrogens is 247 g/mol. The van der Waals surface area contributed by atoms with Gasteiger partial charge < -0.3 is 10.2 Å². The predicted octanol–water partition coefficient (Wildman–Crippen LogP) is 1.83. The molecule has 1 aliphatic rings. The van der Waals surface area contributed by atoms with Crippen molar-refractivity contribution >= 4 is 28.9 Å². The van der Waals surface area contributed by atoms with Crippen LogP contribution in [-0.4, -0.2) is 36.9 Å². The molecule has 0 saturated carbocycles. The summed E-state index contributed by atoms with van der Waals surface area (Å²) < 4.78 is 0. The highest BCUT2D eigenvalue weighted by molar-refractivity contribution is 6.33. The number of anilines is 1. The van der Waals surface area contributed by atoms with E-state index in [1.54, 1.807) is 6.07 Å². The van der Waals surface area contributed by atoms with Gasteiger partial charge in [0, 0.05) is 19.2 Å². The molecule has 1 aromatic rings. The Balaban J connectivity index is 2.11. The van der Waals surface area contributed by atoms with Crippen LogP contribution in [0.25, 0.3) is 0 Å². The number of aromatic nitrogens is 2. The topological polar surface area (TPSA) is 41.0 Å². The number of hydrogen-bond acceptors (Lipinski definition) is 4. The summed E-state index contributed by atoms with van der Waals surface area (Å²) in [6.45, 7) is 3.01. The Labute approximate surface area is 105 Å². The summed E-state index contributed by atoms with van der Waals surface area (Å²) in [5, 5.41) is 11.5. The number of hydrogen-bond donors (Lipinski definition) is 1. The van der Waals surface area contributed by atoms with E-state index in [4.69, 9.17) is 23.2 Å². The van der Waals surface area contributed by atoms with Crippen LogP contribution >= 0.6 is 23.2 Å². The van der Waals surface area contributed by atoms with E-state index in [2.05, 4.69) is 20.4 Å². The summed E-state index contributed by atoms with van der Waals surface area (Å²) in [5.41, 5.74) is 0.889. The minimum Gasteiger partial charge on any atom is -0.369 e. The number of rotatable bonds is 3. The molecule has 16 heavy (non-hydrogen) atoms. The minimum atomic E-state index is 0.386. The summed E-state index contributed by atoms with van der Waals surface area (Å²) in [7, 11) is 1.97. The highest BCUT2D eigenvalue weighted by Crippen LogP contribution is 2.29. The Morgan fingerprint density at radius 2 is 2.31 bits per heavy atom. The predicted molar refractivity (Wildman–Crippen MR) is 66.3 cm³/mol. The van der Waals surface area contributed by atoms with Gasteiger partial charge >= 0.3 is 0 Å². The van der Waals surface area contributed by atoms with E-state index < -0.39 is 0 Å². The third-order valence-electron chi connectivity index (χ3n) is 2.82. The average molecular weight is 261 g/mol. The van der Waals surface area contributed by atoms with Crippen molar-refractivity contribution in [3.63, 3.8) is 0 Å². The zero-order chi connectivity index (χ0) is 11.5. The van der Waals surface area contributed by atoms with Gasteiger partial charge in [0.05, 0.1) is 5.69 Å². The third-order valence-corrected chi connectivity index (χ3v) is 3.27. The molecule has 0 amide bonds. The number of halogens is 2. The maximum atomic E-state index is 6.01. The molecule has 1 aliphatic heterocycles. The first-order valence-corrected chi connectivity index (χ1v) is 6.04. The first-order chi connectivity index (χ1) is 7.70. The first-order valence-electron chi connectivity index (χ1n) is 5.29. The van der Waals surface area contributed by atoms with Gasteiger partial charge in [-0.3, -0.25) is 0 Å². The SMILES string of the molecule is CNCC1CCN(c2cc(Cl)nnc2Cl)C1. The molecule has 6 heteroatoms. The highest BCUT2D eigenvalue weighted by Gasteiger charge is 2.24. The summed E-state index contributed by atoms with van der Waals surface area (Å²) in [6.07, 6.45) is 1.16. The van der Waals surface area contributed by atoms with Crippen LogP contribution in [0.1, 0.15) is 6.42 Å². The van der Waals surface area contributed by atoms with Crippen molar-refractivity contribution in [2.75, 3.05) is 31.6 Å². The minimum absolute atomic E-state index is 0.386. The molecule has 0 aliphatic carbocycles. The molecule has 0 aromatic carbocycles. The lowest BCUT2D eigenvalue weighted by atomic mass is 10.1. The zero-order valence-electron chi connectivity index (χ0n) is 9.08. The molecule has 1 aromatic heterocycles. The van der Waals surface area contributed by atoms with Crippen molar-refractivity contribution < 1.29 is 0 Å². The van der Waals surface area contributed by atoms with Crippen LogP contribution in [-0.2, 0) is 0 Å². The molecule has 0 spiro atoms. The van der Waals surface area contributed by atoms with E-state index in [9.17, 15) is 0 Å². The molecule has 0 radical (unpaired) electrons. The van der Waals surface area contributed by atoms with Crippen molar-refractivity contribution in [1.29, 1.82) is 0 Å². The van der Waals surface area contributed by atoms with E-state index in [1.165, 1.54) is 0 Å². The maximum absolute atomic E-state index is 6.01. The summed E-state index contributed by atoms with van der Waals surface area (Å²) in [4.78, 5) is 2.21. The lowest BCUT2D eigenvalue weighted by Gasteiger charge is -2.19. The molecule has 1 saturated heterocycles. The summed E-state index contributed by atoms with van der Waals surface area (Å²) in [6, 6.07) is 1.78. The lowest BCUT2D eigenvalue weighted by molar-refractivity contribution is 0.549. The smallest absolute Gasteiger partial charge is 0.175 e. The van der Waals surface area contributed by atoms with Gasteiger partial charge in [-0.05, 0) is 25.9 Å². The van der Waals surface area contributed by atoms with Gasteiger partial charge in [-0.1, -0.05) is 23.2 Å². The monoisotopic (exact) mass is 260 g/mol. The van der Waals surface area contributed by atoms with Crippen LogP contribution in [0, 0.1) is 5.92 Å². The van der Waals surface area contributed by atoms with Crippen molar-refractivity contribution in [3.05, 3.63) is 16.4 Å². The number of nitrogens with one attached hydrogen (secondary N) is 1. The fraction of sp³-hybridized carbons (Fsp3) is 0.600. The van der Waals surface area contributed by atoms with Crippen LogP contribution in [0.2, 0.25) is 10.3 Å². The Bertz CT molecular complexity index is 372. The normalized spacial score (nSPS) is 20.4. The third kappa shape index (κ3) is 2.56. The second kappa shape index (κ2) is 5.17. The van der Waals surface area contributed by atoms with Crippen LogP contribution in [0.3, 0.4) is 0 Å². The largest absolute Gasteiger partial charge is 0.369 e. The van der Waals surface area contributed by atoms with Gasteiger partial charge in [0.15, 0.2) is 10.3 Å². The molecule has 1 fully saturated rings. The molecule has 0 bridgehead atoms. The zero-order valence-corrected chi connectivity index (χ0v) is 10.6. The molecule has 4 nitrogen and oxygen atoms in total. The molecule has 1 N–H and O–H groups in total. The van der Waals surface area contributed by atoms with E-state index in [0.717, 1.165) is 31.7 Å². The molecule has 1 unspecified atom stereocenters. The highest BCUT2D eigenvalue weighted by atomic mass is 35.5. The quantitative estimate of drug-likeness (QED) is 0.901. The Kier molecular flexibility index (Phi) is 3.84. The first kappa shape index (κ1) is 11.9. The average Bonchev–Trinajstić information content (AvgIpc) is 2.71. The van der Waals surface area contributed by atoms with Gasteiger partial charge in [0.2, 0.25) is 0 Å². The Hall–Kier alpha value is -0.580. The van der Waals surface area contributed by atoms with E-state index in [0.29, 0.717) is 16.2 Å². The summed E-state index contributed by atoms with van der Waals surface area (Å²) >= 11 is 11.8. The van der Waals surface area contributed by atoms with Crippen molar-refractivity contribution in [1.82, 2.24) is 15.5 Å². The van der Waals surface area contributed by atoms with E-state index in [-0.39, 0.29) is 0 Å². The van der Waals surface area contributed by atoms with Crippen LogP contribution < -0.4 is 10.2 Å². The Morgan fingerprint density at radius 1 is 1.50 bits per heavy atom. The molecule has 1 atom stereocenters. The van der Waals surface area contributed by atoms with Gasteiger partial charge in [0.25, 0.3) is 0 Å². The summed E-state index contributed by atoms with van der Waals surface area (Å²) in [5.74, 6) is 0.660. The van der Waals surface area contributed by atoms with Crippen LogP contribution in [0.15, 0.2) is 6.07 Å². The van der Waals surface area contributed by atoms with E-state index in [1.807, 2.05) is 7.05 Å². The molecular formula is C10H14Cl2N4. The van der Waals surface area contributed by atoms with Gasteiger partial charge in [-0.2, -0.15) is 0 Å². The van der Waals surface area contributed by atoms with E-state index >= 15 is 0 Å². The van der Waals surface area contributed by atoms with Crippen LogP contribution in [0.5, 0.6) is 0 Å². The fourth-order valence-corrected chi connectivity index (χ4v) is 2.43. The second-order valence-corrected chi connectivity index (χ2v) is 4.75. The molecule has 2 heterocycles. The fourth-order valence-electron chi connectivity index (χ4n) is 2.07. The van der Waals surface area contributed by atoms with Gasteiger partial charge in [-0.25, -0.2) is 0 Å². The van der Waals surface area contributed by atoms with Crippen molar-refractivity contribution in [2.24, 2.45) is 5.92 Å². The number of nitrogens with zero attached hydrogens (tertiary/aromatic N) is 3. The molecule has 88 valence electrons. The van der Waals surface area contributed by atoms with Gasteiger partial charge in [-0.15, -0.1) is 10.2 Å². The standard InChI is InChI=1S/C10H14Cl2N4/c1-13-5-7-2-3-16(6-7)8-4-9(11)14-15-10(8)12/h4,7,13H,2-3,5-6H2,1H3.